The van der Waals surface area contributed by atoms with E-state index in [-0.39, 0.29) is 5.41 Å². The predicted octanol–water partition coefficient (Wildman–Crippen LogP) is 2.35. The summed E-state index contributed by atoms with van der Waals surface area (Å²) in [4.78, 5) is 0. The van der Waals surface area contributed by atoms with Crippen molar-refractivity contribution in [3.05, 3.63) is 35.4 Å². The summed E-state index contributed by atoms with van der Waals surface area (Å²) in [5.74, 6) is 0. The average molecular weight is 175 g/mol. The third-order valence-corrected chi connectivity index (χ3v) is 2.89. The lowest BCUT2D eigenvalue weighted by Gasteiger charge is -2.18. The van der Waals surface area contributed by atoms with Crippen molar-refractivity contribution in [3.63, 3.8) is 0 Å². The van der Waals surface area contributed by atoms with Gasteiger partial charge in [0.25, 0.3) is 0 Å². The number of benzene rings is 1. The lowest BCUT2D eigenvalue weighted by atomic mass is 9.85. The molecule has 13 heavy (non-hydrogen) atoms. The smallest absolute Gasteiger partial charge is 0.0714 e. The maximum atomic E-state index is 8.86. The number of rotatable bonds is 0. The molecular formula is C11H13NO. The van der Waals surface area contributed by atoms with Gasteiger partial charge in [-0.15, -0.1) is 0 Å². The van der Waals surface area contributed by atoms with Crippen molar-refractivity contribution < 1.29 is 5.21 Å². The van der Waals surface area contributed by atoms with Crippen LogP contribution in [-0.2, 0) is 11.8 Å². The van der Waals surface area contributed by atoms with Gasteiger partial charge in [-0.3, -0.25) is 0 Å². The molecule has 2 rings (SSSR count). The van der Waals surface area contributed by atoms with Crippen LogP contribution in [0, 0.1) is 0 Å². The van der Waals surface area contributed by atoms with E-state index in [2.05, 4.69) is 31.1 Å². The Balaban J connectivity index is 2.60. The Hall–Kier alpha value is -1.31. The molecule has 0 bridgehead atoms. The van der Waals surface area contributed by atoms with Crippen molar-refractivity contribution in [2.24, 2.45) is 5.16 Å². The van der Waals surface area contributed by atoms with Crippen LogP contribution in [0.15, 0.2) is 29.4 Å². The largest absolute Gasteiger partial charge is 0.411 e. The molecule has 0 aliphatic heterocycles. The first-order valence-corrected chi connectivity index (χ1v) is 4.46. The van der Waals surface area contributed by atoms with E-state index in [0.29, 0.717) is 0 Å². The van der Waals surface area contributed by atoms with E-state index in [1.165, 1.54) is 11.1 Å². The van der Waals surface area contributed by atoms with Crippen LogP contribution in [0.25, 0.3) is 0 Å². The van der Waals surface area contributed by atoms with Crippen LogP contribution in [0.3, 0.4) is 0 Å². The number of fused-ring (bicyclic) bond motifs is 1. The van der Waals surface area contributed by atoms with E-state index >= 15 is 0 Å². The zero-order valence-corrected chi connectivity index (χ0v) is 7.91. The number of oxime groups is 1. The van der Waals surface area contributed by atoms with Crippen LogP contribution in [0.2, 0.25) is 0 Å². The number of hydrogen-bond donors (Lipinski definition) is 1. The Morgan fingerprint density at radius 1 is 1.31 bits per heavy atom. The monoisotopic (exact) mass is 175 g/mol. The summed E-state index contributed by atoms with van der Waals surface area (Å²) >= 11 is 0. The number of nitrogens with zero attached hydrogens (tertiary/aromatic N) is 1. The fraction of sp³-hybridized carbons (Fsp3) is 0.364. The van der Waals surface area contributed by atoms with Gasteiger partial charge in [-0.1, -0.05) is 43.3 Å². The van der Waals surface area contributed by atoms with E-state index in [4.69, 9.17) is 5.21 Å². The first-order chi connectivity index (χ1) is 6.16. The van der Waals surface area contributed by atoms with Gasteiger partial charge in [-0.05, 0) is 11.1 Å². The second-order valence-electron chi connectivity index (χ2n) is 4.01. The molecule has 0 saturated carbocycles. The molecule has 0 amide bonds. The van der Waals surface area contributed by atoms with E-state index in [0.717, 1.165) is 12.1 Å². The van der Waals surface area contributed by atoms with E-state index < -0.39 is 0 Å². The lowest BCUT2D eigenvalue weighted by molar-refractivity contribution is 0.314. The van der Waals surface area contributed by atoms with Crippen molar-refractivity contribution >= 4 is 5.71 Å². The maximum Gasteiger partial charge on any atom is 0.0714 e. The molecule has 0 unspecified atom stereocenters. The molecule has 0 radical (unpaired) electrons. The normalized spacial score (nSPS) is 21.8. The van der Waals surface area contributed by atoms with Gasteiger partial charge in [0.2, 0.25) is 0 Å². The zero-order chi connectivity index (χ0) is 9.47. The molecule has 2 heteroatoms. The highest BCUT2D eigenvalue weighted by atomic mass is 16.4. The van der Waals surface area contributed by atoms with Crippen LogP contribution in [0.1, 0.15) is 25.0 Å². The molecule has 1 N–H and O–H groups in total. The van der Waals surface area contributed by atoms with Crippen molar-refractivity contribution in [1.82, 2.24) is 0 Å². The topological polar surface area (TPSA) is 32.6 Å². The third kappa shape index (κ3) is 1.05. The highest BCUT2D eigenvalue weighted by Gasteiger charge is 2.35. The van der Waals surface area contributed by atoms with Gasteiger partial charge >= 0.3 is 0 Å². The van der Waals surface area contributed by atoms with Crippen LogP contribution in [-0.4, -0.2) is 10.9 Å². The molecule has 0 spiro atoms. The first-order valence-electron chi connectivity index (χ1n) is 4.46. The quantitative estimate of drug-likeness (QED) is 0.476. The Morgan fingerprint density at radius 3 is 2.62 bits per heavy atom. The Kier molecular flexibility index (Phi) is 1.65. The SMILES string of the molecule is CC1(C)C(=NO)Cc2ccccc21. The summed E-state index contributed by atoms with van der Waals surface area (Å²) in [6.45, 7) is 4.18. The highest BCUT2D eigenvalue weighted by molar-refractivity contribution is 5.99. The van der Waals surface area contributed by atoms with Crippen LogP contribution < -0.4 is 0 Å². The first kappa shape index (κ1) is 8.30. The van der Waals surface area contributed by atoms with Gasteiger partial charge < -0.3 is 5.21 Å². The Morgan fingerprint density at radius 2 is 2.00 bits per heavy atom. The van der Waals surface area contributed by atoms with Gasteiger partial charge in [0.15, 0.2) is 0 Å². The summed E-state index contributed by atoms with van der Waals surface area (Å²) in [5.41, 5.74) is 3.31. The van der Waals surface area contributed by atoms with Crippen molar-refractivity contribution in [3.8, 4) is 0 Å². The summed E-state index contributed by atoms with van der Waals surface area (Å²) in [5, 5.41) is 12.2. The minimum absolute atomic E-state index is 0.106. The summed E-state index contributed by atoms with van der Waals surface area (Å²) in [7, 11) is 0. The minimum atomic E-state index is -0.106. The Bertz CT molecular complexity index is 366. The van der Waals surface area contributed by atoms with Gasteiger partial charge in [0, 0.05) is 11.8 Å². The van der Waals surface area contributed by atoms with E-state index in [1.807, 2.05) is 12.1 Å². The molecule has 2 nitrogen and oxygen atoms in total. The van der Waals surface area contributed by atoms with Crippen LogP contribution >= 0.6 is 0 Å². The summed E-state index contributed by atoms with van der Waals surface area (Å²) in [6.07, 6.45) is 0.777. The minimum Gasteiger partial charge on any atom is -0.411 e. The lowest BCUT2D eigenvalue weighted by Crippen LogP contribution is -2.23. The molecule has 1 aromatic rings. The fourth-order valence-corrected chi connectivity index (χ4v) is 2.00. The van der Waals surface area contributed by atoms with Gasteiger partial charge in [-0.2, -0.15) is 0 Å². The molecule has 0 aromatic heterocycles. The predicted molar refractivity (Wildman–Crippen MR) is 52.4 cm³/mol. The van der Waals surface area contributed by atoms with Gasteiger partial charge in [0.1, 0.15) is 0 Å². The molecule has 0 heterocycles. The van der Waals surface area contributed by atoms with Crippen molar-refractivity contribution in [1.29, 1.82) is 0 Å². The third-order valence-electron chi connectivity index (χ3n) is 2.89. The fourth-order valence-electron chi connectivity index (χ4n) is 2.00. The zero-order valence-electron chi connectivity index (χ0n) is 7.91. The summed E-state index contributed by atoms with van der Waals surface area (Å²) in [6, 6.07) is 8.25. The molecule has 1 aliphatic carbocycles. The maximum absolute atomic E-state index is 8.86. The van der Waals surface area contributed by atoms with Crippen molar-refractivity contribution in [2.45, 2.75) is 25.7 Å². The van der Waals surface area contributed by atoms with Crippen LogP contribution in [0.4, 0.5) is 0 Å². The van der Waals surface area contributed by atoms with Crippen molar-refractivity contribution in [2.75, 3.05) is 0 Å². The van der Waals surface area contributed by atoms with E-state index in [9.17, 15) is 0 Å². The Labute approximate surface area is 77.9 Å². The van der Waals surface area contributed by atoms with Gasteiger partial charge in [0.05, 0.1) is 5.71 Å². The highest BCUT2D eigenvalue weighted by Crippen LogP contribution is 2.35. The molecule has 0 fully saturated rings. The van der Waals surface area contributed by atoms with E-state index in [1.54, 1.807) is 0 Å². The molecule has 1 aromatic carbocycles. The average Bonchev–Trinajstić information content (AvgIpc) is 2.39. The standard InChI is InChI=1S/C11H13NO/c1-11(2)9-6-4-3-5-8(9)7-10(11)12-13/h3-6,13H,7H2,1-2H3. The second kappa shape index (κ2) is 2.59. The molecular weight excluding hydrogens is 162 g/mol. The summed E-state index contributed by atoms with van der Waals surface area (Å²) < 4.78 is 0. The van der Waals surface area contributed by atoms with Crippen LogP contribution in [0.5, 0.6) is 0 Å². The number of hydrogen-bond acceptors (Lipinski definition) is 2. The molecule has 0 atom stereocenters. The van der Waals surface area contributed by atoms with Gasteiger partial charge in [-0.25, -0.2) is 0 Å². The molecule has 68 valence electrons. The molecule has 0 saturated heterocycles. The molecule has 1 aliphatic rings. The second-order valence-corrected chi connectivity index (χ2v) is 4.01.